The highest BCUT2D eigenvalue weighted by Crippen LogP contribution is 2.65. The molecule has 0 spiro atoms. The predicted molar refractivity (Wildman–Crippen MR) is 152 cm³/mol. The number of amides is 2. The van der Waals surface area contributed by atoms with E-state index < -0.39 is 11.9 Å². The van der Waals surface area contributed by atoms with Crippen molar-refractivity contribution in [2.24, 2.45) is 16.7 Å². The fraction of sp³-hybridized carbons (Fsp3) is 0.677. The molecule has 1 aromatic carbocycles. The largest absolute Gasteiger partial charge is 0.493 e. The Morgan fingerprint density at radius 1 is 1.08 bits per heavy atom. The maximum absolute atomic E-state index is 13.5. The van der Waals surface area contributed by atoms with E-state index in [0.29, 0.717) is 46.0 Å². The third kappa shape index (κ3) is 5.12. The third-order valence-electron chi connectivity index (χ3n) is 10.4. The van der Waals surface area contributed by atoms with Gasteiger partial charge in [-0.3, -0.25) is 24.3 Å². The van der Waals surface area contributed by atoms with Crippen LogP contribution >= 0.6 is 0 Å². The van der Waals surface area contributed by atoms with Crippen molar-refractivity contribution in [3.63, 3.8) is 0 Å². The number of benzene rings is 1. The lowest BCUT2D eigenvalue weighted by molar-refractivity contribution is -0.135. The summed E-state index contributed by atoms with van der Waals surface area (Å²) < 4.78 is 7.47. The minimum absolute atomic E-state index is 0.202. The molecule has 5 rings (SSSR count). The van der Waals surface area contributed by atoms with Crippen molar-refractivity contribution in [3.8, 4) is 5.75 Å². The maximum atomic E-state index is 13.5. The molecule has 8 heteroatoms. The Morgan fingerprint density at radius 3 is 2.56 bits per heavy atom. The summed E-state index contributed by atoms with van der Waals surface area (Å²) in [5.41, 5.74) is 1.15. The van der Waals surface area contributed by atoms with E-state index in [9.17, 15) is 14.4 Å². The number of hydrogen-bond acceptors (Lipinski definition) is 6. The summed E-state index contributed by atoms with van der Waals surface area (Å²) in [5.74, 6) is 1.06. The van der Waals surface area contributed by atoms with Gasteiger partial charge in [0.1, 0.15) is 23.0 Å². The number of nitrogens with one attached hydrogen (secondary N) is 2. The molecular weight excluding hydrogens is 492 g/mol. The molecule has 1 aromatic heterocycles. The number of carbonyl (C=O) groups excluding carboxylic acids is 2. The minimum Gasteiger partial charge on any atom is -0.493 e. The predicted octanol–water partition coefficient (Wildman–Crippen LogP) is 4.82. The van der Waals surface area contributed by atoms with Gasteiger partial charge in [-0.15, -0.1) is 0 Å². The van der Waals surface area contributed by atoms with Gasteiger partial charge in [-0.1, -0.05) is 46.1 Å². The molecular formula is C31H44N4O4. The SMILES string of the molecule is Cc1nc2cccc(OCCCCCCCN[C@H]3C[C@H]4CC[C@]3(C)C4(C)C)c2c(=O)n1[C@H]1CCC(=O)NC1=O. The van der Waals surface area contributed by atoms with E-state index in [1.165, 1.54) is 43.1 Å². The summed E-state index contributed by atoms with van der Waals surface area (Å²) in [4.78, 5) is 42.1. The van der Waals surface area contributed by atoms with Gasteiger partial charge in [0.25, 0.3) is 5.56 Å². The molecule has 0 radical (unpaired) electrons. The van der Waals surface area contributed by atoms with Crippen molar-refractivity contribution in [1.29, 1.82) is 0 Å². The van der Waals surface area contributed by atoms with Crippen molar-refractivity contribution >= 4 is 22.7 Å². The van der Waals surface area contributed by atoms with Crippen LogP contribution in [0.5, 0.6) is 5.75 Å². The minimum atomic E-state index is -0.743. The van der Waals surface area contributed by atoms with Gasteiger partial charge in [-0.25, -0.2) is 4.98 Å². The monoisotopic (exact) mass is 536 g/mol. The van der Waals surface area contributed by atoms with Crippen LogP contribution in [0.2, 0.25) is 0 Å². The number of rotatable bonds is 11. The molecule has 3 fully saturated rings. The standard InChI is InChI=1S/C31H44N4O4/c1-20-33-22-11-10-12-24(27(22)29(38)35(20)23-13-14-26(36)34-28(23)37)39-18-9-7-5-6-8-17-32-25-19-21-15-16-31(25,4)30(21,2)3/h10-12,21,23,25,32H,5-9,13-19H2,1-4H3,(H,34,36,37)/t21-,23+,25+,31+/m1/s1. The number of piperidine rings is 1. The van der Waals surface area contributed by atoms with Crippen molar-refractivity contribution in [3.05, 3.63) is 34.4 Å². The number of imide groups is 1. The first-order valence-electron chi connectivity index (χ1n) is 14.9. The van der Waals surface area contributed by atoms with Crippen LogP contribution in [0.15, 0.2) is 23.0 Å². The lowest BCUT2D eigenvalue weighted by Crippen LogP contribution is -2.45. The molecule has 2 saturated carbocycles. The Hall–Kier alpha value is -2.74. The Bertz CT molecular complexity index is 1300. The van der Waals surface area contributed by atoms with Crippen LogP contribution in [0.4, 0.5) is 0 Å². The second kappa shape index (κ2) is 11.0. The number of aromatic nitrogens is 2. The molecule has 2 bridgehead atoms. The molecule has 2 heterocycles. The first kappa shape index (κ1) is 27.8. The van der Waals surface area contributed by atoms with E-state index in [1.807, 2.05) is 6.07 Å². The number of fused-ring (bicyclic) bond motifs is 3. The highest BCUT2D eigenvalue weighted by atomic mass is 16.5. The molecule has 39 heavy (non-hydrogen) atoms. The van der Waals surface area contributed by atoms with Gasteiger partial charge in [0.15, 0.2) is 0 Å². The van der Waals surface area contributed by atoms with Crippen LogP contribution in [-0.2, 0) is 9.59 Å². The molecule has 4 atom stereocenters. The number of aryl methyl sites for hydroxylation is 1. The van der Waals surface area contributed by atoms with Crippen LogP contribution in [0.25, 0.3) is 10.9 Å². The Labute approximate surface area is 231 Å². The number of ether oxygens (including phenoxy) is 1. The van der Waals surface area contributed by atoms with Gasteiger partial charge in [-0.05, 0) is 80.9 Å². The van der Waals surface area contributed by atoms with E-state index >= 15 is 0 Å². The number of carbonyl (C=O) groups is 2. The van der Waals surface area contributed by atoms with E-state index in [4.69, 9.17) is 4.74 Å². The highest BCUT2D eigenvalue weighted by Gasteiger charge is 2.60. The van der Waals surface area contributed by atoms with Gasteiger partial charge < -0.3 is 10.1 Å². The summed E-state index contributed by atoms with van der Waals surface area (Å²) >= 11 is 0. The third-order valence-corrected chi connectivity index (χ3v) is 10.4. The average Bonchev–Trinajstić information content (AvgIpc) is 3.22. The molecule has 1 saturated heterocycles. The van der Waals surface area contributed by atoms with Crippen LogP contribution < -0.4 is 20.9 Å². The molecule has 212 valence electrons. The maximum Gasteiger partial charge on any atom is 0.265 e. The summed E-state index contributed by atoms with van der Waals surface area (Å²) in [5, 5.41) is 6.61. The number of unbranched alkanes of at least 4 members (excludes halogenated alkanes) is 4. The highest BCUT2D eigenvalue weighted by molar-refractivity contribution is 5.99. The average molecular weight is 537 g/mol. The fourth-order valence-electron chi connectivity index (χ4n) is 7.47. The van der Waals surface area contributed by atoms with E-state index in [-0.39, 0.29) is 24.3 Å². The Balaban J connectivity index is 1.09. The first-order valence-corrected chi connectivity index (χ1v) is 14.9. The molecule has 2 aliphatic carbocycles. The fourth-order valence-corrected chi connectivity index (χ4v) is 7.47. The topological polar surface area (TPSA) is 102 Å². The van der Waals surface area contributed by atoms with Gasteiger partial charge in [0.2, 0.25) is 11.8 Å². The van der Waals surface area contributed by atoms with Crippen molar-refractivity contribution in [2.75, 3.05) is 13.2 Å². The molecule has 2 aromatic rings. The summed E-state index contributed by atoms with van der Waals surface area (Å²) in [6.07, 6.45) is 10.2. The van der Waals surface area contributed by atoms with E-state index in [2.05, 4.69) is 36.4 Å². The van der Waals surface area contributed by atoms with Crippen molar-refractivity contribution < 1.29 is 14.3 Å². The summed E-state index contributed by atoms with van der Waals surface area (Å²) in [6, 6.07) is 5.34. The second-order valence-electron chi connectivity index (χ2n) is 12.7. The van der Waals surface area contributed by atoms with Crippen LogP contribution in [0.3, 0.4) is 0 Å². The normalized spacial score (nSPS) is 27.7. The molecule has 1 aliphatic heterocycles. The zero-order valence-electron chi connectivity index (χ0n) is 24.0. The Morgan fingerprint density at radius 2 is 1.85 bits per heavy atom. The quantitative estimate of drug-likeness (QED) is 0.315. The summed E-state index contributed by atoms with van der Waals surface area (Å²) in [6.45, 7) is 10.8. The number of hydrogen-bond donors (Lipinski definition) is 2. The molecule has 3 aliphatic rings. The lowest BCUT2D eigenvalue weighted by atomic mass is 9.69. The zero-order chi connectivity index (χ0) is 27.8. The molecule has 8 nitrogen and oxygen atoms in total. The van der Waals surface area contributed by atoms with E-state index in [0.717, 1.165) is 25.3 Å². The number of nitrogens with zero attached hydrogens (tertiary/aromatic N) is 2. The zero-order valence-corrected chi connectivity index (χ0v) is 24.0. The van der Waals surface area contributed by atoms with Crippen LogP contribution in [-0.4, -0.2) is 40.6 Å². The Kier molecular flexibility index (Phi) is 7.86. The lowest BCUT2D eigenvalue weighted by Gasteiger charge is -2.39. The van der Waals surface area contributed by atoms with Gasteiger partial charge in [-0.2, -0.15) is 0 Å². The van der Waals surface area contributed by atoms with Gasteiger partial charge in [0.05, 0.1) is 12.1 Å². The van der Waals surface area contributed by atoms with Gasteiger partial charge >= 0.3 is 0 Å². The van der Waals surface area contributed by atoms with Gasteiger partial charge in [0, 0.05) is 12.5 Å². The first-order chi connectivity index (χ1) is 18.6. The molecule has 0 unspecified atom stereocenters. The second-order valence-corrected chi connectivity index (χ2v) is 12.7. The van der Waals surface area contributed by atoms with Crippen molar-refractivity contribution in [1.82, 2.24) is 20.2 Å². The molecule has 2 amide bonds. The molecule has 2 N–H and O–H groups in total. The van der Waals surface area contributed by atoms with Crippen LogP contribution in [0, 0.1) is 23.7 Å². The van der Waals surface area contributed by atoms with Crippen LogP contribution in [0.1, 0.15) is 96.8 Å². The summed E-state index contributed by atoms with van der Waals surface area (Å²) in [7, 11) is 0. The van der Waals surface area contributed by atoms with Crippen molar-refractivity contribution in [2.45, 2.75) is 104 Å². The smallest absolute Gasteiger partial charge is 0.265 e. The van der Waals surface area contributed by atoms with E-state index in [1.54, 1.807) is 19.1 Å².